The Morgan fingerprint density at radius 3 is 2.45 bits per heavy atom. The summed E-state index contributed by atoms with van der Waals surface area (Å²) in [5.41, 5.74) is 3.20. The van der Waals surface area contributed by atoms with Crippen LogP contribution in [-0.2, 0) is 0 Å². The van der Waals surface area contributed by atoms with Crippen LogP contribution in [0.25, 0.3) is 11.3 Å². The van der Waals surface area contributed by atoms with E-state index in [2.05, 4.69) is 12.2 Å². The van der Waals surface area contributed by atoms with E-state index >= 15 is 0 Å². The van der Waals surface area contributed by atoms with Gasteiger partial charge in [0, 0.05) is 12.5 Å². The molecule has 1 fully saturated rings. The van der Waals surface area contributed by atoms with E-state index in [4.69, 9.17) is 0 Å². The van der Waals surface area contributed by atoms with Gasteiger partial charge in [-0.3, -0.25) is 0 Å². The van der Waals surface area contributed by atoms with Crippen molar-refractivity contribution in [2.24, 2.45) is 11.8 Å². The minimum absolute atomic E-state index is 0.121. The Labute approximate surface area is 129 Å². The molecule has 0 radical (unpaired) electrons. The zero-order valence-electron chi connectivity index (χ0n) is 12.9. The average Bonchev–Trinajstić information content (AvgIpc) is 3.17. The van der Waals surface area contributed by atoms with Gasteiger partial charge in [0.15, 0.2) is 5.69 Å². The molecule has 2 aliphatic rings. The highest BCUT2D eigenvalue weighted by molar-refractivity contribution is 5.61. The van der Waals surface area contributed by atoms with Crippen LogP contribution in [0, 0.1) is 30.9 Å². The van der Waals surface area contributed by atoms with Crippen LogP contribution < -0.4 is 4.73 Å². The normalized spacial score (nSPS) is 26.0. The molecular weight excluding hydrogens is 276 g/mol. The molecule has 114 valence electrons. The van der Waals surface area contributed by atoms with Crippen molar-refractivity contribution < 1.29 is 9.94 Å². The van der Waals surface area contributed by atoms with Gasteiger partial charge in [-0.15, -0.1) is 0 Å². The monoisotopic (exact) mass is 296 g/mol. The van der Waals surface area contributed by atoms with Crippen molar-refractivity contribution in [2.45, 2.75) is 32.6 Å². The van der Waals surface area contributed by atoms with E-state index < -0.39 is 0 Å². The Kier molecular flexibility index (Phi) is 2.83. The first-order chi connectivity index (χ1) is 10.6. The molecular formula is C18H20N2O2. The Hall–Kier alpha value is -2.23. The lowest BCUT2D eigenvalue weighted by molar-refractivity contribution is -0.623. The van der Waals surface area contributed by atoms with E-state index in [-0.39, 0.29) is 5.92 Å². The van der Waals surface area contributed by atoms with Crippen molar-refractivity contribution >= 4 is 0 Å². The number of allylic oxidation sites excluding steroid dienone is 2. The molecule has 0 saturated heterocycles. The summed E-state index contributed by atoms with van der Waals surface area (Å²) in [6.07, 6.45) is 6.51. The van der Waals surface area contributed by atoms with Crippen molar-refractivity contribution in [3.05, 3.63) is 58.7 Å². The molecule has 22 heavy (non-hydrogen) atoms. The molecule has 4 nitrogen and oxygen atoms in total. The minimum Gasteiger partial charge on any atom is -0.710 e. The smallest absolute Gasteiger partial charge is 0.303 e. The Morgan fingerprint density at radius 1 is 1.14 bits per heavy atom. The summed E-state index contributed by atoms with van der Waals surface area (Å²) in [4.78, 5) is 0. The molecule has 1 heterocycles. The number of aromatic nitrogens is 2. The third-order valence-corrected chi connectivity index (χ3v) is 5.22. The third-order valence-electron chi connectivity index (χ3n) is 5.22. The summed E-state index contributed by atoms with van der Waals surface area (Å²) in [6, 6.07) is 7.90. The van der Waals surface area contributed by atoms with Gasteiger partial charge in [0.05, 0.1) is 5.92 Å². The van der Waals surface area contributed by atoms with Gasteiger partial charge in [0.1, 0.15) is 0 Å². The molecule has 1 saturated carbocycles. The maximum atomic E-state index is 12.6. The summed E-state index contributed by atoms with van der Waals surface area (Å²) in [5, 5.41) is 23.3. The highest BCUT2D eigenvalue weighted by Gasteiger charge is 2.44. The fourth-order valence-electron chi connectivity index (χ4n) is 4.05. The molecule has 1 N–H and O–H groups in total. The van der Waals surface area contributed by atoms with Crippen molar-refractivity contribution in [3.8, 4) is 11.3 Å². The summed E-state index contributed by atoms with van der Waals surface area (Å²) < 4.78 is 2.06. The zero-order valence-corrected chi connectivity index (χ0v) is 12.9. The SMILES string of the molecule is Cc1ccc(-c2c(C)[n+]([O-])c([C@@H]3C[C@H]4C=C[C@H]3C4)n2O)cc1. The molecule has 4 rings (SSSR count). The van der Waals surface area contributed by atoms with Crippen LogP contribution in [0.15, 0.2) is 36.4 Å². The van der Waals surface area contributed by atoms with Gasteiger partial charge in [0.25, 0.3) is 0 Å². The molecule has 0 aliphatic heterocycles. The second kappa shape index (κ2) is 4.63. The van der Waals surface area contributed by atoms with Crippen LogP contribution in [-0.4, -0.2) is 9.94 Å². The number of nitrogens with zero attached hydrogens (tertiary/aromatic N) is 2. The van der Waals surface area contributed by atoms with Crippen LogP contribution in [0.3, 0.4) is 0 Å². The van der Waals surface area contributed by atoms with E-state index in [1.165, 1.54) is 0 Å². The van der Waals surface area contributed by atoms with Gasteiger partial charge in [-0.2, -0.15) is 0 Å². The van der Waals surface area contributed by atoms with Crippen LogP contribution in [0.4, 0.5) is 0 Å². The highest BCUT2D eigenvalue weighted by atomic mass is 16.5. The van der Waals surface area contributed by atoms with Crippen molar-refractivity contribution in [1.29, 1.82) is 0 Å². The molecule has 2 aromatic rings. The highest BCUT2D eigenvalue weighted by Crippen LogP contribution is 2.48. The number of fused-ring (bicyclic) bond motifs is 2. The Morgan fingerprint density at radius 2 is 1.86 bits per heavy atom. The van der Waals surface area contributed by atoms with Gasteiger partial charge in [0.2, 0.25) is 5.69 Å². The first-order valence-electron chi connectivity index (χ1n) is 7.85. The van der Waals surface area contributed by atoms with Crippen LogP contribution in [0.5, 0.6) is 0 Å². The van der Waals surface area contributed by atoms with Crippen molar-refractivity contribution in [3.63, 3.8) is 0 Å². The third kappa shape index (κ3) is 1.79. The lowest BCUT2D eigenvalue weighted by atomic mass is 9.93. The molecule has 1 aromatic carbocycles. The van der Waals surface area contributed by atoms with E-state index in [0.29, 0.717) is 29.0 Å². The maximum absolute atomic E-state index is 12.6. The lowest BCUT2D eigenvalue weighted by Gasteiger charge is -2.16. The number of hydrogen-bond donors (Lipinski definition) is 1. The predicted octanol–water partition coefficient (Wildman–Crippen LogP) is 3.32. The summed E-state index contributed by atoms with van der Waals surface area (Å²) in [5.74, 6) is 1.56. The zero-order chi connectivity index (χ0) is 15.4. The van der Waals surface area contributed by atoms with Crippen LogP contribution >= 0.6 is 0 Å². The van der Waals surface area contributed by atoms with Gasteiger partial charge in [-0.05, 0) is 36.3 Å². The quantitative estimate of drug-likeness (QED) is 0.400. The summed E-state index contributed by atoms with van der Waals surface area (Å²) >= 11 is 0. The van der Waals surface area contributed by atoms with Gasteiger partial charge in [-0.25, -0.2) is 4.73 Å². The van der Waals surface area contributed by atoms with E-state index in [0.717, 1.165) is 33.4 Å². The van der Waals surface area contributed by atoms with Gasteiger partial charge < -0.3 is 10.4 Å². The topological polar surface area (TPSA) is 52.1 Å². The molecule has 4 heteroatoms. The van der Waals surface area contributed by atoms with E-state index in [9.17, 15) is 10.4 Å². The number of rotatable bonds is 2. The number of benzene rings is 1. The van der Waals surface area contributed by atoms with Crippen molar-refractivity contribution in [2.75, 3.05) is 0 Å². The minimum atomic E-state index is 0.121. The second-order valence-electron chi connectivity index (χ2n) is 6.65. The molecule has 3 atom stereocenters. The summed E-state index contributed by atoms with van der Waals surface area (Å²) in [6.45, 7) is 3.80. The number of aryl methyl sites for hydroxylation is 1. The van der Waals surface area contributed by atoms with E-state index in [1.54, 1.807) is 6.92 Å². The van der Waals surface area contributed by atoms with Gasteiger partial charge in [-0.1, -0.05) is 42.0 Å². The van der Waals surface area contributed by atoms with Gasteiger partial charge >= 0.3 is 5.82 Å². The second-order valence-corrected chi connectivity index (χ2v) is 6.65. The average molecular weight is 296 g/mol. The predicted molar refractivity (Wildman–Crippen MR) is 83.6 cm³/mol. The standard InChI is InChI=1S/C18H20N2O2/c1-11-3-6-14(7-4-11)17-12(2)19(21)18(20(17)22)16-10-13-5-8-15(16)9-13/h3-8,13,15-16,22H,9-10H2,1-2H3/t13-,15-,16+/m0/s1. The van der Waals surface area contributed by atoms with E-state index in [1.807, 2.05) is 31.2 Å². The van der Waals surface area contributed by atoms with Crippen LogP contribution in [0.1, 0.15) is 35.8 Å². The first kappa shape index (κ1) is 13.4. The Bertz CT molecular complexity index is 758. The first-order valence-corrected chi connectivity index (χ1v) is 7.85. The fraction of sp³-hybridized carbons (Fsp3) is 0.389. The molecule has 2 aliphatic carbocycles. The Balaban J connectivity index is 1.83. The van der Waals surface area contributed by atoms with Crippen molar-refractivity contribution in [1.82, 2.24) is 4.73 Å². The maximum Gasteiger partial charge on any atom is 0.303 e. The largest absolute Gasteiger partial charge is 0.710 e. The molecule has 1 aromatic heterocycles. The molecule has 2 bridgehead atoms. The number of hydrogen-bond acceptors (Lipinski definition) is 2. The number of imidazole rings is 1. The lowest BCUT2D eigenvalue weighted by Crippen LogP contribution is -2.36. The molecule has 0 spiro atoms. The fourth-order valence-corrected chi connectivity index (χ4v) is 4.05. The molecule has 0 unspecified atom stereocenters. The van der Waals surface area contributed by atoms with Crippen LogP contribution in [0.2, 0.25) is 0 Å². The summed E-state index contributed by atoms with van der Waals surface area (Å²) in [7, 11) is 0. The molecule has 0 amide bonds.